The third-order valence-electron chi connectivity index (χ3n) is 2.55. The van der Waals surface area contributed by atoms with Crippen molar-refractivity contribution in [2.24, 2.45) is 11.8 Å². The molecule has 0 saturated carbocycles. The van der Waals surface area contributed by atoms with Gasteiger partial charge in [0.05, 0.1) is 13.0 Å². The minimum absolute atomic E-state index is 0. The Morgan fingerprint density at radius 1 is 1.28 bits per heavy atom. The number of methoxy groups -OCH3 is 1. The molecule has 0 bridgehead atoms. The molecule has 1 saturated heterocycles. The van der Waals surface area contributed by atoms with Gasteiger partial charge in [-0.1, -0.05) is 0 Å². The number of hydrazine groups is 1. The van der Waals surface area contributed by atoms with Gasteiger partial charge in [-0.3, -0.25) is 15.4 Å². The van der Waals surface area contributed by atoms with E-state index in [1.165, 1.54) is 12.1 Å². The SMILES string of the molecule is COC(=O)[C@@H]1C[C@@H](C(=O)OC(C)(C)C)CN1N.Cl. The normalized spacial score (nSPS) is 24.3. The van der Waals surface area contributed by atoms with Gasteiger partial charge in [-0.15, -0.1) is 12.4 Å². The highest BCUT2D eigenvalue weighted by molar-refractivity contribution is 5.85. The van der Waals surface area contributed by atoms with Gasteiger partial charge < -0.3 is 9.47 Å². The first-order valence-corrected chi connectivity index (χ1v) is 5.56. The summed E-state index contributed by atoms with van der Waals surface area (Å²) in [7, 11) is 1.30. The average molecular weight is 281 g/mol. The van der Waals surface area contributed by atoms with Gasteiger partial charge in [0.1, 0.15) is 11.6 Å². The Hall–Kier alpha value is -0.850. The van der Waals surface area contributed by atoms with Crippen molar-refractivity contribution < 1.29 is 19.1 Å². The topological polar surface area (TPSA) is 81.9 Å². The first-order valence-electron chi connectivity index (χ1n) is 5.56. The zero-order valence-electron chi connectivity index (χ0n) is 11.1. The summed E-state index contributed by atoms with van der Waals surface area (Å²) in [6.07, 6.45) is 0.345. The summed E-state index contributed by atoms with van der Waals surface area (Å²) < 4.78 is 9.88. The zero-order valence-corrected chi connectivity index (χ0v) is 12.0. The van der Waals surface area contributed by atoms with E-state index < -0.39 is 17.6 Å². The molecule has 1 aliphatic heterocycles. The second-order valence-electron chi connectivity index (χ2n) is 5.20. The molecule has 106 valence electrons. The molecule has 0 spiro atoms. The molecule has 0 aromatic heterocycles. The van der Waals surface area contributed by atoms with Gasteiger partial charge >= 0.3 is 11.9 Å². The van der Waals surface area contributed by atoms with Crippen molar-refractivity contribution in [3.8, 4) is 0 Å². The van der Waals surface area contributed by atoms with Gasteiger partial charge in [0.25, 0.3) is 0 Å². The van der Waals surface area contributed by atoms with E-state index >= 15 is 0 Å². The van der Waals surface area contributed by atoms with Gasteiger partial charge in [0.15, 0.2) is 0 Å². The van der Waals surface area contributed by atoms with Crippen LogP contribution in [0.4, 0.5) is 0 Å². The van der Waals surface area contributed by atoms with Crippen molar-refractivity contribution in [1.29, 1.82) is 0 Å². The number of carbonyl (C=O) groups excluding carboxylic acids is 2. The van der Waals surface area contributed by atoms with E-state index in [-0.39, 0.29) is 24.3 Å². The minimum Gasteiger partial charge on any atom is -0.468 e. The molecule has 0 aliphatic carbocycles. The number of halogens is 1. The van der Waals surface area contributed by atoms with Crippen LogP contribution in [0.3, 0.4) is 0 Å². The lowest BCUT2D eigenvalue weighted by atomic mass is 10.1. The molecule has 2 N–H and O–H groups in total. The number of hydrogen-bond donors (Lipinski definition) is 1. The number of nitrogens with zero attached hydrogens (tertiary/aromatic N) is 1. The second-order valence-corrected chi connectivity index (χ2v) is 5.20. The van der Waals surface area contributed by atoms with Crippen molar-refractivity contribution in [3.63, 3.8) is 0 Å². The lowest BCUT2D eigenvalue weighted by Gasteiger charge is -2.21. The summed E-state index contributed by atoms with van der Waals surface area (Å²) in [5.74, 6) is 4.56. The van der Waals surface area contributed by atoms with Crippen LogP contribution in [0.25, 0.3) is 0 Å². The van der Waals surface area contributed by atoms with E-state index in [9.17, 15) is 9.59 Å². The van der Waals surface area contributed by atoms with Crippen LogP contribution in [0.15, 0.2) is 0 Å². The van der Waals surface area contributed by atoms with E-state index in [2.05, 4.69) is 4.74 Å². The Bertz CT molecular complexity index is 317. The highest BCUT2D eigenvalue weighted by Gasteiger charge is 2.40. The molecule has 0 aromatic carbocycles. The molecule has 1 heterocycles. The van der Waals surface area contributed by atoms with E-state index in [0.29, 0.717) is 13.0 Å². The Morgan fingerprint density at radius 2 is 1.83 bits per heavy atom. The number of rotatable bonds is 2. The predicted octanol–water partition coefficient (Wildman–Crippen LogP) is 0.487. The molecule has 18 heavy (non-hydrogen) atoms. The molecular formula is C11H21ClN2O4. The lowest BCUT2D eigenvalue weighted by Crippen LogP contribution is -2.41. The molecular weight excluding hydrogens is 260 g/mol. The number of esters is 2. The Balaban J connectivity index is 0.00000289. The molecule has 2 atom stereocenters. The lowest BCUT2D eigenvalue weighted by molar-refractivity contribution is -0.159. The summed E-state index contributed by atoms with van der Waals surface area (Å²) in [5, 5.41) is 1.33. The highest BCUT2D eigenvalue weighted by Crippen LogP contribution is 2.24. The van der Waals surface area contributed by atoms with Crippen LogP contribution >= 0.6 is 12.4 Å². The van der Waals surface area contributed by atoms with Crippen molar-refractivity contribution in [1.82, 2.24) is 5.01 Å². The van der Waals surface area contributed by atoms with Crippen LogP contribution in [-0.2, 0) is 19.1 Å². The Morgan fingerprint density at radius 3 is 2.28 bits per heavy atom. The van der Waals surface area contributed by atoms with Crippen LogP contribution in [0.1, 0.15) is 27.2 Å². The Labute approximate surface area is 113 Å². The summed E-state index contributed by atoms with van der Waals surface area (Å²) in [5.41, 5.74) is -0.528. The monoisotopic (exact) mass is 280 g/mol. The van der Waals surface area contributed by atoms with E-state index in [1.807, 2.05) is 0 Å². The summed E-state index contributed by atoms with van der Waals surface area (Å²) in [4.78, 5) is 23.2. The van der Waals surface area contributed by atoms with Crippen molar-refractivity contribution in [2.45, 2.75) is 38.8 Å². The smallest absolute Gasteiger partial charge is 0.324 e. The third-order valence-corrected chi connectivity index (χ3v) is 2.55. The van der Waals surface area contributed by atoms with Crippen molar-refractivity contribution in [3.05, 3.63) is 0 Å². The van der Waals surface area contributed by atoms with Gasteiger partial charge in [-0.05, 0) is 27.2 Å². The summed E-state index contributed by atoms with van der Waals surface area (Å²) in [6, 6.07) is -0.558. The molecule has 1 aliphatic rings. The summed E-state index contributed by atoms with van der Waals surface area (Å²) in [6.45, 7) is 5.72. The van der Waals surface area contributed by atoms with Crippen LogP contribution < -0.4 is 5.84 Å². The maximum absolute atomic E-state index is 11.8. The van der Waals surface area contributed by atoms with Crippen LogP contribution in [-0.4, -0.2) is 42.2 Å². The predicted molar refractivity (Wildman–Crippen MR) is 67.9 cm³/mol. The maximum Gasteiger partial charge on any atom is 0.324 e. The standard InChI is InChI=1S/C11H20N2O4.ClH/c1-11(2,3)17-9(14)7-5-8(10(15)16-4)13(12)6-7;/h7-8H,5-6,12H2,1-4H3;1H/t7-,8+;/m1./s1. The fourth-order valence-corrected chi connectivity index (χ4v) is 1.78. The number of ether oxygens (including phenoxy) is 2. The van der Waals surface area contributed by atoms with Gasteiger partial charge in [-0.25, -0.2) is 5.01 Å². The van der Waals surface area contributed by atoms with E-state index in [1.54, 1.807) is 20.8 Å². The number of nitrogens with two attached hydrogens (primary N) is 1. The van der Waals surface area contributed by atoms with E-state index in [0.717, 1.165) is 0 Å². The number of hydrogen-bond acceptors (Lipinski definition) is 6. The zero-order chi connectivity index (χ0) is 13.2. The first-order chi connectivity index (χ1) is 7.74. The van der Waals surface area contributed by atoms with Crippen LogP contribution in [0.2, 0.25) is 0 Å². The van der Waals surface area contributed by atoms with Gasteiger partial charge in [0.2, 0.25) is 0 Å². The molecule has 1 fully saturated rings. The average Bonchev–Trinajstić information content (AvgIpc) is 2.57. The molecule has 7 heteroatoms. The highest BCUT2D eigenvalue weighted by atomic mass is 35.5. The first kappa shape index (κ1) is 17.2. The maximum atomic E-state index is 11.8. The number of carbonyl (C=O) groups is 2. The van der Waals surface area contributed by atoms with Crippen molar-refractivity contribution in [2.75, 3.05) is 13.7 Å². The van der Waals surface area contributed by atoms with Crippen LogP contribution in [0.5, 0.6) is 0 Å². The molecule has 1 rings (SSSR count). The third kappa shape index (κ3) is 4.44. The minimum atomic E-state index is -0.558. The fourth-order valence-electron chi connectivity index (χ4n) is 1.78. The summed E-state index contributed by atoms with van der Waals surface area (Å²) >= 11 is 0. The molecule has 0 aromatic rings. The fraction of sp³-hybridized carbons (Fsp3) is 0.818. The second kappa shape index (κ2) is 6.36. The molecule has 0 amide bonds. The quantitative estimate of drug-likeness (QED) is 0.585. The molecule has 0 unspecified atom stereocenters. The van der Waals surface area contributed by atoms with E-state index in [4.69, 9.17) is 10.6 Å². The largest absolute Gasteiger partial charge is 0.468 e. The van der Waals surface area contributed by atoms with Crippen LogP contribution in [0, 0.1) is 5.92 Å². The van der Waals surface area contributed by atoms with Gasteiger partial charge in [-0.2, -0.15) is 0 Å². The molecule has 0 radical (unpaired) electrons. The Kier molecular flexibility index (Phi) is 6.06. The molecule has 6 nitrogen and oxygen atoms in total. The van der Waals surface area contributed by atoms with Crippen molar-refractivity contribution >= 4 is 24.3 Å². The van der Waals surface area contributed by atoms with Gasteiger partial charge in [0, 0.05) is 6.54 Å².